The molecule has 2 aromatic heterocycles. The molecule has 5 rings (SSSR count). The Labute approximate surface area is 179 Å². The van der Waals surface area contributed by atoms with Crippen LogP contribution in [0, 0.1) is 6.92 Å². The van der Waals surface area contributed by atoms with Crippen molar-refractivity contribution in [3.8, 4) is 0 Å². The fourth-order valence-electron chi connectivity index (χ4n) is 3.99. The highest BCUT2D eigenvalue weighted by molar-refractivity contribution is 6.05. The third kappa shape index (κ3) is 3.44. The van der Waals surface area contributed by atoms with Gasteiger partial charge in [-0.1, -0.05) is 36.4 Å². The molecule has 0 bridgehead atoms. The van der Waals surface area contributed by atoms with Gasteiger partial charge in [0.1, 0.15) is 6.04 Å². The van der Waals surface area contributed by atoms with E-state index in [1.54, 1.807) is 11.1 Å². The number of carbonyl (C=O) groups excluding carboxylic acids is 2. The minimum absolute atomic E-state index is 0.0270. The normalized spacial score (nSPS) is 15.3. The number of pyridine rings is 1. The van der Waals surface area contributed by atoms with Gasteiger partial charge in [-0.3, -0.25) is 24.0 Å². The summed E-state index contributed by atoms with van der Waals surface area (Å²) in [6.45, 7) is 2.24. The third-order valence-electron chi connectivity index (χ3n) is 5.53. The summed E-state index contributed by atoms with van der Waals surface area (Å²) in [5.74, 6) is 0.181. The summed E-state index contributed by atoms with van der Waals surface area (Å²) in [7, 11) is 0. The van der Waals surface area contributed by atoms with E-state index < -0.39 is 6.04 Å². The number of imidazole rings is 1. The van der Waals surface area contributed by atoms with Crippen molar-refractivity contribution in [3.63, 3.8) is 0 Å². The molecule has 0 saturated carbocycles. The van der Waals surface area contributed by atoms with Crippen molar-refractivity contribution < 1.29 is 9.59 Å². The van der Waals surface area contributed by atoms with E-state index in [1.165, 1.54) is 0 Å². The van der Waals surface area contributed by atoms with Crippen LogP contribution >= 0.6 is 0 Å². The molecule has 0 aliphatic carbocycles. The summed E-state index contributed by atoms with van der Waals surface area (Å²) in [4.78, 5) is 36.9. The first-order chi connectivity index (χ1) is 15.1. The number of anilines is 2. The number of amides is 2. The molecule has 1 unspecified atom stereocenters. The number of fused-ring (bicyclic) bond motifs is 3. The van der Waals surface area contributed by atoms with Crippen LogP contribution in [-0.2, 0) is 16.1 Å². The summed E-state index contributed by atoms with van der Waals surface area (Å²) in [6.07, 6.45) is 1.73. The minimum atomic E-state index is -0.657. The highest BCUT2D eigenvalue weighted by Gasteiger charge is 2.41. The van der Waals surface area contributed by atoms with Gasteiger partial charge in [0.25, 0.3) is 5.91 Å². The molecular formula is C24H21N5O2. The summed E-state index contributed by atoms with van der Waals surface area (Å²) in [6, 6.07) is 20.2. The molecular weight excluding hydrogens is 390 g/mol. The van der Waals surface area contributed by atoms with Gasteiger partial charge in [0, 0.05) is 11.9 Å². The van der Waals surface area contributed by atoms with Crippen LogP contribution in [0.1, 0.15) is 23.7 Å². The number of para-hydroxylation sites is 3. The summed E-state index contributed by atoms with van der Waals surface area (Å²) < 4.78 is 1.87. The topological polar surface area (TPSA) is 80.1 Å². The van der Waals surface area contributed by atoms with Gasteiger partial charge < -0.3 is 5.32 Å². The molecule has 4 aromatic rings. The fraction of sp³-hybridized carbons (Fsp3) is 0.167. The minimum Gasteiger partial charge on any atom is -0.326 e. The van der Waals surface area contributed by atoms with E-state index >= 15 is 0 Å². The molecule has 0 radical (unpaired) electrons. The third-order valence-corrected chi connectivity index (χ3v) is 5.53. The highest BCUT2D eigenvalue weighted by atomic mass is 16.2. The van der Waals surface area contributed by atoms with Gasteiger partial charge in [-0.15, -0.1) is 0 Å². The second-order valence-electron chi connectivity index (χ2n) is 7.60. The van der Waals surface area contributed by atoms with E-state index in [-0.39, 0.29) is 18.2 Å². The Bertz CT molecular complexity index is 1280. The lowest BCUT2D eigenvalue weighted by Crippen LogP contribution is -2.31. The quantitative estimate of drug-likeness (QED) is 0.541. The van der Waals surface area contributed by atoms with Gasteiger partial charge in [0.15, 0.2) is 0 Å². The van der Waals surface area contributed by atoms with Crippen LogP contribution in [-0.4, -0.2) is 26.3 Å². The Hall–Kier alpha value is -4.00. The molecule has 1 aliphatic rings. The zero-order chi connectivity index (χ0) is 21.4. The van der Waals surface area contributed by atoms with Gasteiger partial charge in [-0.2, -0.15) is 0 Å². The van der Waals surface area contributed by atoms with Crippen molar-refractivity contribution in [2.45, 2.75) is 25.9 Å². The van der Waals surface area contributed by atoms with Crippen molar-refractivity contribution in [1.29, 1.82) is 0 Å². The van der Waals surface area contributed by atoms with E-state index in [0.29, 0.717) is 12.5 Å². The number of carbonyl (C=O) groups is 2. The van der Waals surface area contributed by atoms with Crippen LogP contribution in [0.3, 0.4) is 0 Å². The molecule has 7 nitrogen and oxygen atoms in total. The van der Waals surface area contributed by atoms with E-state index in [9.17, 15) is 9.59 Å². The van der Waals surface area contributed by atoms with Crippen molar-refractivity contribution in [2.24, 2.45) is 0 Å². The summed E-state index contributed by atoms with van der Waals surface area (Å²) in [5, 5.41) is 2.94. The number of rotatable bonds is 5. The second-order valence-corrected chi connectivity index (χ2v) is 7.60. The first-order valence-electron chi connectivity index (χ1n) is 10.2. The Morgan fingerprint density at radius 2 is 1.81 bits per heavy atom. The first-order valence-corrected chi connectivity index (χ1v) is 10.2. The highest BCUT2D eigenvalue weighted by Crippen LogP contribution is 2.37. The maximum absolute atomic E-state index is 13.4. The monoisotopic (exact) mass is 411 g/mol. The van der Waals surface area contributed by atoms with Crippen LogP contribution < -0.4 is 10.2 Å². The van der Waals surface area contributed by atoms with E-state index in [2.05, 4.69) is 15.3 Å². The first kappa shape index (κ1) is 19.0. The van der Waals surface area contributed by atoms with Gasteiger partial charge in [-0.25, -0.2) is 4.98 Å². The lowest BCUT2D eigenvalue weighted by atomic mass is 10.1. The zero-order valence-corrected chi connectivity index (χ0v) is 17.0. The van der Waals surface area contributed by atoms with Crippen molar-refractivity contribution in [1.82, 2.24) is 14.5 Å². The number of aromatic nitrogens is 3. The molecule has 2 amide bonds. The maximum atomic E-state index is 13.4. The predicted molar refractivity (Wildman–Crippen MR) is 119 cm³/mol. The molecule has 0 saturated heterocycles. The Kier molecular flexibility index (Phi) is 4.71. The standard InChI is InChI=1S/C24H21N5O2/c1-16-8-2-3-10-18(16)26-22(30)14-21-23(31)28(15-17-9-6-7-13-25-17)24-27-19-11-4-5-12-20(19)29(21)24/h2-13,21H,14-15H2,1H3,(H,26,30). The van der Waals surface area contributed by atoms with Crippen LogP contribution in [0.15, 0.2) is 72.9 Å². The molecule has 154 valence electrons. The molecule has 0 spiro atoms. The average Bonchev–Trinajstić information content (AvgIpc) is 3.27. The van der Waals surface area contributed by atoms with Crippen LogP contribution in [0.4, 0.5) is 11.6 Å². The molecule has 1 atom stereocenters. The van der Waals surface area contributed by atoms with Gasteiger partial charge in [0.2, 0.25) is 11.9 Å². The SMILES string of the molecule is Cc1ccccc1NC(=O)CC1C(=O)N(Cc2ccccn2)c2nc3ccccc3n21. The van der Waals surface area contributed by atoms with E-state index in [1.807, 2.05) is 78.2 Å². The smallest absolute Gasteiger partial charge is 0.253 e. The summed E-state index contributed by atoms with van der Waals surface area (Å²) >= 11 is 0. The lowest BCUT2D eigenvalue weighted by Gasteiger charge is -2.16. The number of benzene rings is 2. The fourth-order valence-corrected chi connectivity index (χ4v) is 3.99. The molecule has 1 N–H and O–H groups in total. The zero-order valence-electron chi connectivity index (χ0n) is 17.0. The molecule has 2 aromatic carbocycles. The maximum Gasteiger partial charge on any atom is 0.253 e. The Balaban J connectivity index is 1.48. The van der Waals surface area contributed by atoms with Crippen LogP contribution in [0.25, 0.3) is 11.0 Å². The molecule has 1 aliphatic heterocycles. The van der Waals surface area contributed by atoms with Gasteiger partial charge in [0.05, 0.1) is 29.7 Å². The second kappa shape index (κ2) is 7.68. The van der Waals surface area contributed by atoms with E-state index in [4.69, 9.17) is 0 Å². The van der Waals surface area contributed by atoms with Crippen molar-refractivity contribution in [2.75, 3.05) is 10.2 Å². The molecule has 3 heterocycles. The average molecular weight is 411 g/mol. The molecule has 31 heavy (non-hydrogen) atoms. The van der Waals surface area contributed by atoms with Gasteiger partial charge in [-0.05, 0) is 42.8 Å². The number of hydrogen-bond acceptors (Lipinski definition) is 4. The van der Waals surface area contributed by atoms with Gasteiger partial charge >= 0.3 is 0 Å². The Morgan fingerprint density at radius 1 is 1.03 bits per heavy atom. The number of hydrogen-bond donors (Lipinski definition) is 1. The Morgan fingerprint density at radius 3 is 2.61 bits per heavy atom. The number of aryl methyl sites for hydroxylation is 1. The van der Waals surface area contributed by atoms with Crippen LogP contribution in [0.5, 0.6) is 0 Å². The summed E-state index contributed by atoms with van der Waals surface area (Å²) in [5.41, 5.74) is 4.11. The van der Waals surface area contributed by atoms with Crippen molar-refractivity contribution in [3.05, 3.63) is 84.2 Å². The van der Waals surface area contributed by atoms with Crippen molar-refractivity contribution >= 4 is 34.5 Å². The predicted octanol–water partition coefficient (Wildman–Crippen LogP) is 3.86. The molecule has 7 heteroatoms. The number of nitrogens with zero attached hydrogens (tertiary/aromatic N) is 4. The van der Waals surface area contributed by atoms with E-state index in [0.717, 1.165) is 28.0 Å². The van der Waals surface area contributed by atoms with Crippen LogP contribution in [0.2, 0.25) is 0 Å². The largest absolute Gasteiger partial charge is 0.326 e. The molecule has 0 fully saturated rings. The number of nitrogens with one attached hydrogen (secondary N) is 1. The lowest BCUT2D eigenvalue weighted by molar-refractivity contribution is -0.124.